The van der Waals surface area contributed by atoms with Crippen LogP contribution in [0, 0.1) is 12.8 Å². The zero-order chi connectivity index (χ0) is 16.7. The number of nitrogens with one attached hydrogen (secondary N) is 1. The Hall–Kier alpha value is -2.10. The number of H-pyrrole nitrogens is 1. The van der Waals surface area contributed by atoms with Gasteiger partial charge in [0.2, 0.25) is 5.91 Å². The second-order valence-corrected chi connectivity index (χ2v) is 7.28. The van der Waals surface area contributed by atoms with Crippen molar-refractivity contribution in [3.05, 3.63) is 52.8 Å². The molecule has 0 saturated carbocycles. The number of hydrogen-bond donors (Lipinski definition) is 1. The number of fused-ring (bicyclic) bond motifs is 1. The summed E-state index contributed by atoms with van der Waals surface area (Å²) >= 11 is 0. The summed E-state index contributed by atoms with van der Waals surface area (Å²) < 4.78 is 0. The summed E-state index contributed by atoms with van der Waals surface area (Å²) in [6, 6.07) is 8.74. The molecule has 0 bridgehead atoms. The van der Waals surface area contributed by atoms with E-state index in [1.807, 2.05) is 6.20 Å². The van der Waals surface area contributed by atoms with Crippen molar-refractivity contribution in [1.82, 2.24) is 15.1 Å². The van der Waals surface area contributed by atoms with Gasteiger partial charge in [-0.2, -0.15) is 5.10 Å². The number of nitrogens with zero attached hydrogens (tertiary/aromatic N) is 2. The molecule has 1 fully saturated rings. The van der Waals surface area contributed by atoms with Crippen LogP contribution in [0.3, 0.4) is 0 Å². The maximum Gasteiger partial charge on any atom is 0.226 e. The van der Waals surface area contributed by atoms with Gasteiger partial charge in [0.05, 0.1) is 12.2 Å². The lowest BCUT2D eigenvalue weighted by Gasteiger charge is -2.34. The van der Waals surface area contributed by atoms with Crippen molar-refractivity contribution >= 4 is 5.91 Å². The second-order valence-electron chi connectivity index (χ2n) is 7.28. The highest BCUT2D eigenvalue weighted by atomic mass is 16.2. The van der Waals surface area contributed by atoms with Gasteiger partial charge in [0.15, 0.2) is 0 Å². The number of hydrogen-bond acceptors (Lipinski definition) is 2. The minimum atomic E-state index is 0.0831. The molecule has 0 spiro atoms. The van der Waals surface area contributed by atoms with Gasteiger partial charge in [-0.1, -0.05) is 31.2 Å². The Morgan fingerprint density at radius 2 is 2.08 bits per heavy atom. The number of aromatic nitrogens is 2. The fourth-order valence-electron chi connectivity index (χ4n) is 4.55. The molecule has 2 heterocycles. The molecule has 24 heavy (non-hydrogen) atoms. The maximum absolute atomic E-state index is 13.3. The molecule has 4 nitrogen and oxygen atoms in total. The summed E-state index contributed by atoms with van der Waals surface area (Å²) in [5.74, 6) is 0.665. The minimum Gasteiger partial charge on any atom is -0.335 e. The van der Waals surface area contributed by atoms with Crippen LogP contribution >= 0.6 is 0 Å². The van der Waals surface area contributed by atoms with Crippen molar-refractivity contribution in [3.8, 4) is 0 Å². The van der Waals surface area contributed by atoms with Crippen molar-refractivity contribution < 1.29 is 4.79 Å². The summed E-state index contributed by atoms with van der Waals surface area (Å²) in [6.45, 7) is 5.21. The Labute approximate surface area is 143 Å². The maximum atomic E-state index is 13.3. The number of carbonyl (C=O) groups is 1. The molecule has 1 aromatic heterocycles. The quantitative estimate of drug-likeness (QED) is 0.915. The van der Waals surface area contributed by atoms with E-state index in [9.17, 15) is 4.79 Å². The molecule has 1 amide bonds. The first kappa shape index (κ1) is 15.4. The Bertz CT molecular complexity index is 751. The monoisotopic (exact) mass is 323 g/mol. The third-order valence-electron chi connectivity index (χ3n) is 5.95. The van der Waals surface area contributed by atoms with Gasteiger partial charge in [-0.05, 0) is 55.2 Å². The third-order valence-corrected chi connectivity index (χ3v) is 5.95. The normalized spacial score (nSPS) is 26.4. The number of benzene rings is 1. The fraction of sp³-hybridized carbons (Fsp3) is 0.500. The van der Waals surface area contributed by atoms with E-state index in [2.05, 4.69) is 53.2 Å². The average Bonchev–Trinajstić information content (AvgIpc) is 3.24. The van der Waals surface area contributed by atoms with Crippen molar-refractivity contribution in [2.24, 2.45) is 5.92 Å². The Kier molecular flexibility index (Phi) is 3.91. The van der Waals surface area contributed by atoms with Crippen LogP contribution in [0.1, 0.15) is 60.5 Å². The molecule has 1 N–H and O–H groups in total. The number of carbonyl (C=O) groups excluding carboxylic acids is 1. The van der Waals surface area contributed by atoms with E-state index >= 15 is 0 Å². The van der Waals surface area contributed by atoms with Crippen molar-refractivity contribution in [2.75, 3.05) is 6.54 Å². The molecule has 1 aliphatic carbocycles. The summed E-state index contributed by atoms with van der Waals surface area (Å²) in [5.41, 5.74) is 5.04. The van der Waals surface area contributed by atoms with Gasteiger partial charge in [0.1, 0.15) is 0 Å². The van der Waals surface area contributed by atoms with Gasteiger partial charge in [0, 0.05) is 18.2 Å². The Balaban J connectivity index is 1.59. The summed E-state index contributed by atoms with van der Waals surface area (Å²) in [6.07, 6.45) is 5.94. The molecule has 3 unspecified atom stereocenters. The molecular formula is C20H25N3O. The van der Waals surface area contributed by atoms with Crippen LogP contribution in [0.15, 0.2) is 30.5 Å². The molecule has 2 aliphatic rings. The number of aryl methyl sites for hydroxylation is 2. The number of rotatable bonds is 2. The van der Waals surface area contributed by atoms with Crippen LogP contribution < -0.4 is 0 Å². The lowest BCUT2D eigenvalue weighted by molar-refractivity contribution is -0.137. The molecule has 0 radical (unpaired) electrons. The van der Waals surface area contributed by atoms with Crippen LogP contribution in [0.4, 0.5) is 0 Å². The predicted octanol–water partition coefficient (Wildman–Crippen LogP) is 3.75. The highest BCUT2D eigenvalue weighted by molar-refractivity contribution is 5.81. The van der Waals surface area contributed by atoms with Crippen LogP contribution in [0.2, 0.25) is 0 Å². The Morgan fingerprint density at radius 1 is 1.25 bits per heavy atom. The first-order valence-electron chi connectivity index (χ1n) is 9.05. The zero-order valence-electron chi connectivity index (χ0n) is 14.5. The molecular weight excluding hydrogens is 298 g/mol. The molecule has 1 saturated heterocycles. The summed E-state index contributed by atoms with van der Waals surface area (Å²) in [7, 11) is 0. The highest BCUT2D eigenvalue weighted by Crippen LogP contribution is 2.40. The molecule has 4 rings (SSSR count). The molecule has 1 aromatic carbocycles. The minimum absolute atomic E-state index is 0.0831. The van der Waals surface area contributed by atoms with Gasteiger partial charge in [-0.15, -0.1) is 0 Å². The SMILES string of the molecule is Cc1ccccc1C1CCCN1C(=O)C1CCc2[nH]ncc2C1C. The van der Waals surface area contributed by atoms with Gasteiger partial charge in [-0.25, -0.2) is 0 Å². The lowest BCUT2D eigenvalue weighted by Crippen LogP contribution is -2.39. The van der Waals surface area contributed by atoms with Gasteiger partial charge in [0.25, 0.3) is 0 Å². The number of aromatic amines is 1. The van der Waals surface area contributed by atoms with Crippen LogP contribution in [-0.4, -0.2) is 27.5 Å². The average molecular weight is 323 g/mol. The van der Waals surface area contributed by atoms with E-state index < -0.39 is 0 Å². The van der Waals surface area contributed by atoms with Gasteiger partial charge in [-0.3, -0.25) is 9.89 Å². The van der Waals surface area contributed by atoms with Crippen LogP contribution in [0.5, 0.6) is 0 Å². The molecule has 126 valence electrons. The highest BCUT2D eigenvalue weighted by Gasteiger charge is 2.39. The van der Waals surface area contributed by atoms with Crippen molar-refractivity contribution in [3.63, 3.8) is 0 Å². The van der Waals surface area contributed by atoms with Crippen LogP contribution in [0.25, 0.3) is 0 Å². The van der Waals surface area contributed by atoms with Crippen molar-refractivity contribution in [1.29, 1.82) is 0 Å². The topological polar surface area (TPSA) is 49.0 Å². The lowest BCUT2D eigenvalue weighted by atomic mass is 9.78. The first-order valence-corrected chi connectivity index (χ1v) is 9.05. The number of likely N-dealkylation sites (tertiary alicyclic amines) is 1. The van der Waals surface area contributed by atoms with E-state index in [0.717, 1.165) is 32.2 Å². The third kappa shape index (κ3) is 2.45. The largest absolute Gasteiger partial charge is 0.335 e. The van der Waals surface area contributed by atoms with E-state index in [1.165, 1.54) is 22.4 Å². The molecule has 1 aliphatic heterocycles. The number of amides is 1. The predicted molar refractivity (Wildman–Crippen MR) is 93.7 cm³/mol. The smallest absolute Gasteiger partial charge is 0.226 e. The second kappa shape index (κ2) is 6.08. The summed E-state index contributed by atoms with van der Waals surface area (Å²) in [4.78, 5) is 15.5. The van der Waals surface area contributed by atoms with E-state index in [-0.39, 0.29) is 17.9 Å². The fourth-order valence-corrected chi connectivity index (χ4v) is 4.55. The standard InChI is InChI=1S/C20H25N3O/c1-13-6-3-4-7-15(13)19-8-5-11-23(19)20(24)16-9-10-18-17(14(16)2)12-21-22-18/h3-4,6-7,12,14,16,19H,5,8-11H2,1-2H3,(H,21,22). The van der Waals surface area contributed by atoms with Crippen molar-refractivity contribution in [2.45, 2.75) is 51.5 Å². The molecule has 3 atom stereocenters. The molecule has 2 aromatic rings. The van der Waals surface area contributed by atoms with Crippen LogP contribution in [-0.2, 0) is 11.2 Å². The zero-order valence-corrected chi connectivity index (χ0v) is 14.5. The van der Waals surface area contributed by atoms with Gasteiger partial charge >= 0.3 is 0 Å². The molecule has 4 heteroatoms. The van der Waals surface area contributed by atoms with E-state index in [0.29, 0.717) is 5.91 Å². The first-order chi connectivity index (χ1) is 11.7. The Morgan fingerprint density at radius 3 is 2.92 bits per heavy atom. The van der Waals surface area contributed by atoms with E-state index in [1.54, 1.807) is 0 Å². The van der Waals surface area contributed by atoms with E-state index in [4.69, 9.17) is 0 Å². The summed E-state index contributed by atoms with van der Waals surface area (Å²) in [5, 5.41) is 7.25. The van der Waals surface area contributed by atoms with Gasteiger partial charge < -0.3 is 4.90 Å².